The number of nitrogens with one attached hydrogen (secondary N) is 1. The van der Waals surface area contributed by atoms with Crippen LogP contribution in [0.25, 0.3) is 10.2 Å². The van der Waals surface area contributed by atoms with Crippen LogP contribution in [0.1, 0.15) is 30.4 Å². The maximum atomic E-state index is 4.58. The number of hydrogen-bond donors (Lipinski definition) is 1. The summed E-state index contributed by atoms with van der Waals surface area (Å²) in [5, 5.41) is 5.91. The number of fused-ring (bicyclic) bond motifs is 1. The molecular formula is C20H25N5S. The molecule has 1 aliphatic heterocycles. The highest BCUT2D eigenvalue weighted by Crippen LogP contribution is 2.32. The summed E-state index contributed by atoms with van der Waals surface area (Å²) >= 11 is 1.76. The Hall–Kier alpha value is -2.05. The van der Waals surface area contributed by atoms with Gasteiger partial charge >= 0.3 is 0 Å². The topological polar surface area (TPSA) is 53.9 Å². The van der Waals surface area contributed by atoms with Crippen LogP contribution in [0.15, 0.2) is 36.2 Å². The van der Waals surface area contributed by atoms with E-state index in [2.05, 4.69) is 49.6 Å². The fourth-order valence-electron chi connectivity index (χ4n) is 3.63. The van der Waals surface area contributed by atoms with Crippen LogP contribution < -0.4 is 10.2 Å². The molecule has 5 nitrogen and oxygen atoms in total. The molecule has 4 heterocycles. The van der Waals surface area contributed by atoms with E-state index in [-0.39, 0.29) is 0 Å². The lowest BCUT2D eigenvalue weighted by molar-refractivity contribution is 0.412. The Balaban J connectivity index is 1.26. The van der Waals surface area contributed by atoms with Crippen molar-refractivity contribution in [3.63, 3.8) is 0 Å². The van der Waals surface area contributed by atoms with E-state index in [1.54, 1.807) is 17.7 Å². The summed E-state index contributed by atoms with van der Waals surface area (Å²) < 4.78 is 1.23. The number of aryl methyl sites for hydroxylation is 2. The average Bonchev–Trinajstić information content (AvgIpc) is 3.08. The van der Waals surface area contributed by atoms with Crippen molar-refractivity contribution in [2.75, 3.05) is 24.5 Å². The van der Waals surface area contributed by atoms with Gasteiger partial charge in [0.05, 0.1) is 10.2 Å². The second-order valence-corrected chi connectivity index (χ2v) is 7.85. The Morgan fingerprint density at radius 1 is 1.19 bits per heavy atom. The minimum absolute atomic E-state index is 0.617. The number of rotatable bonds is 6. The van der Waals surface area contributed by atoms with Gasteiger partial charge in [0.15, 0.2) is 0 Å². The number of thiophene rings is 1. The molecule has 3 aromatic rings. The van der Waals surface area contributed by atoms with Gasteiger partial charge in [0.2, 0.25) is 0 Å². The third-order valence-electron chi connectivity index (χ3n) is 5.13. The first-order chi connectivity index (χ1) is 12.8. The average molecular weight is 368 g/mol. The molecule has 0 unspecified atom stereocenters. The van der Waals surface area contributed by atoms with Gasteiger partial charge < -0.3 is 10.2 Å². The van der Waals surface area contributed by atoms with Gasteiger partial charge in [-0.15, -0.1) is 11.3 Å². The predicted molar refractivity (Wildman–Crippen MR) is 108 cm³/mol. The van der Waals surface area contributed by atoms with Gasteiger partial charge in [0.1, 0.15) is 12.1 Å². The number of nitrogens with zero attached hydrogens (tertiary/aromatic N) is 4. The van der Waals surface area contributed by atoms with Crippen LogP contribution in [0.5, 0.6) is 0 Å². The van der Waals surface area contributed by atoms with Crippen molar-refractivity contribution in [1.29, 1.82) is 0 Å². The first-order valence-electron chi connectivity index (χ1n) is 9.37. The molecular weight excluding hydrogens is 342 g/mol. The Morgan fingerprint density at radius 3 is 2.81 bits per heavy atom. The summed E-state index contributed by atoms with van der Waals surface area (Å²) in [6, 6.07) is 4.83. The van der Waals surface area contributed by atoms with E-state index in [0.717, 1.165) is 37.4 Å². The molecule has 1 N–H and O–H groups in total. The summed E-state index contributed by atoms with van der Waals surface area (Å²) in [6.07, 6.45) is 10.1. The Bertz CT molecular complexity index is 840. The van der Waals surface area contributed by atoms with Crippen molar-refractivity contribution in [1.82, 2.24) is 20.3 Å². The molecule has 0 atom stereocenters. The molecule has 1 fully saturated rings. The molecule has 4 rings (SSSR count). The quantitative estimate of drug-likeness (QED) is 0.675. The molecule has 26 heavy (non-hydrogen) atoms. The van der Waals surface area contributed by atoms with Gasteiger partial charge in [-0.1, -0.05) is 0 Å². The largest absolute Gasteiger partial charge is 0.355 e. The summed E-state index contributed by atoms with van der Waals surface area (Å²) in [5.74, 6) is 1.12. The number of pyridine rings is 1. The molecule has 0 amide bonds. The summed E-state index contributed by atoms with van der Waals surface area (Å²) in [7, 11) is 0. The zero-order valence-electron chi connectivity index (χ0n) is 15.2. The Labute approximate surface area is 158 Å². The summed E-state index contributed by atoms with van der Waals surface area (Å²) in [5.41, 5.74) is 3.73. The van der Waals surface area contributed by atoms with Crippen LogP contribution in [0.4, 0.5) is 5.82 Å². The lowest BCUT2D eigenvalue weighted by Gasteiger charge is -2.33. The summed E-state index contributed by atoms with van der Waals surface area (Å²) in [4.78, 5) is 15.5. The molecule has 1 aliphatic rings. The van der Waals surface area contributed by atoms with E-state index in [1.165, 1.54) is 35.1 Å². The molecule has 0 aromatic carbocycles. The molecule has 0 radical (unpaired) electrons. The second-order valence-electron chi connectivity index (χ2n) is 6.97. The van der Waals surface area contributed by atoms with Crippen molar-refractivity contribution < 1.29 is 0 Å². The first-order valence-corrected chi connectivity index (χ1v) is 10.3. The normalized spacial score (nSPS) is 15.7. The van der Waals surface area contributed by atoms with E-state index in [4.69, 9.17) is 0 Å². The van der Waals surface area contributed by atoms with Gasteiger partial charge in [-0.25, -0.2) is 9.97 Å². The monoisotopic (exact) mass is 367 g/mol. The highest BCUT2D eigenvalue weighted by molar-refractivity contribution is 7.18. The molecule has 0 spiro atoms. The van der Waals surface area contributed by atoms with E-state index in [9.17, 15) is 0 Å². The third kappa shape index (κ3) is 3.86. The minimum Gasteiger partial charge on any atom is -0.355 e. The molecule has 0 saturated carbocycles. The minimum atomic E-state index is 0.617. The number of hydrogen-bond acceptors (Lipinski definition) is 6. The molecule has 0 aliphatic carbocycles. The second kappa shape index (κ2) is 8.10. The molecule has 6 heteroatoms. The number of piperidine rings is 1. The summed E-state index contributed by atoms with van der Waals surface area (Å²) in [6.45, 7) is 5.32. The lowest BCUT2D eigenvalue weighted by Crippen LogP contribution is -2.43. The van der Waals surface area contributed by atoms with Crippen molar-refractivity contribution in [2.45, 2.75) is 38.6 Å². The maximum absolute atomic E-state index is 4.58. The van der Waals surface area contributed by atoms with Crippen LogP contribution in [0.2, 0.25) is 0 Å². The van der Waals surface area contributed by atoms with Crippen LogP contribution in [-0.2, 0) is 6.42 Å². The SMILES string of the molecule is Cc1csc2c(N3CCC(NCCCc4ccncc4)CC3)ncnc12. The maximum Gasteiger partial charge on any atom is 0.150 e. The Morgan fingerprint density at radius 2 is 2.00 bits per heavy atom. The van der Waals surface area contributed by atoms with Crippen LogP contribution in [-0.4, -0.2) is 40.6 Å². The van der Waals surface area contributed by atoms with Gasteiger partial charge in [-0.2, -0.15) is 0 Å². The van der Waals surface area contributed by atoms with Gasteiger partial charge in [0.25, 0.3) is 0 Å². The molecule has 1 saturated heterocycles. The fourth-order valence-corrected chi connectivity index (χ4v) is 4.64. The third-order valence-corrected chi connectivity index (χ3v) is 6.21. The predicted octanol–water partition coefficient (Wildman–Crippen LogP) is 3.59. The number of anilines is 1. The van der Waals surface area contributed by atoms with E-state index < -0.39 is 0 Å². The highest BCUT2D eigenvalue weighted by atomic mass is 32.1. The standard InChI is InChI=1S/C20H25N5S/c1-15-13-26-19-18(15)23-14-24-20(19)25-11-6-17(7-12-25)22-8-2-3-16-4-9-21-10-5-16/h4-5,9-10,13-14,17,22H,2-3,6-8,11-12H2,1H3. The molecule has 3 aromatic heterocycles. The smallest absolute Gasteiger partial charge is 0.150 e. The highest BCUT2D eigenvalue weighted by Gasteiger charge is 2.22. The van der Waals surface area contributed by atoms with Crippen molar-refractivity contribution >= 4 is 27.4 Å². The van der Waals surface area contributed by atoms with E-state index in [1.807, 2.05) is 12.4 Å². The fraction of sp³-hybridized carbons (Fsp3) is 0.450. The Kier molecular flexibility index (Phi) is 5.41. The van der Waals surface area contributed by atoms with Crippen LogP contribution >= 0.6 is 11.3 Å². The van der Waals surface area contributed by atoms with Gasteiger partial charge in [-0.05, 0) is 67.8 Å². The first kappa shape index (κ1) is 17.4. The lowest BCUT2D eigenvalue weighted by atomic mass is 10.0. The van der Waals surface area contributed by atoms with Crippen molar-refractivity contribution in [2.24, 2.45) is 0 Å². The zero-order chi connectivity index (χ0) is 17.8. The molecule has 136 valence electrons. The van der Waals surface area contributed by atoms with Crippen molar-refractivity contribution in [3.05, 3.63) is 47.4 Å². The molecule has 0 bridgehead atoms. The van der Waals surface area contributed by atoms with Gasteiger partial charge in [0, 0.05) is 31.5 Å². The van der Waals surface area contributed by atoms with E-state index >= 15 is 0 Å². The van der Waals surface area contributed by atoms with Crippen LogP contribution in [0, 0.1) is 6.92 Å². The van der Waals surface area contributed by atoms with Crippen molar-refractivity contribution in [3.8, 4) is 0 Å². The zero-order valence-corrected chi connectivity index (χ0v) is 16.0. The number of aromatic nitrogens is 3. The van der Waals surface area contributed by atoms with Crippen LogP contribution in [0.3, 0.4) is 0 Å². The van der Waals surface area contributed by atoms with Gasteiger partial charge in [-0.3, -0.25) is 4.98 Å². The van der Waals surface area contributed by atoms with E-state index in [0.29, 0.717) is 6.04 Å².